The Bertz CT molecular complexity index is 624. The van der Waals surface area contributed by atoms with Crippen molar-refractivity contribution in [2.24, 2.45) is 5.73 Å². The molecule has 21 heavy (non-hydrogen) atoms. The predicted octanol–water partition coefficient (Wildman–Crippen LogP) is 0.618. The largest absolute Gasteiger partial charge is 0.346 e. The van der Waals surface area contributed by atoms with Gasteiger partial charge in [0.1, 0.15) is 0 Å². The number of sulfonamides is 1. The number of rotatable bonds is 7. The third-order valence-electron chi connectivity index (χ3n) is 2.79. The van der Waals surface area contributed by atoms with Crippen LogP contribution in [0.25, 0.3) is 0 Å². The average molecular weight is 311 g/mol. The van der Waals surface area contributed by atoms with E-state index >= 15 is 0 Å². The van der Waals surface area contributed by atoms with Crippen molar-refractivity contribution in [3.05, 3.63) is 42.5 Å². The van der Waals surface area contributed by atoms with E-state index in [2.05, 4.69) is 16.6 Å². The zero-order valence-corrected chi connectivity index (χ0v) is 13.0. The summed E-state index contributed by atoms with van der Waals surface area (Å²) in [5, 5.41) is 2.75. The Balaban J connectivity index is 3.01. The Morgan fingerprint density at radius 2 is 2.10 bits per heavy atom. The highest BCUT2D eigenvalue weighted by Gasteiger charge is 2.21. The first-order valence-electron chi connectivity index (χ1n) is 6.45. The van der Waals surface area contributed by atoms with E-state index in [1.807, 2.05) is 0 Å². The molecule has 0 bridgehead atoms. The van der Waals surface area contributed by atoms with E-state index in [-0.39, 0.29) is 29.5 Å². The van der Waals surface area contributed by atoms with Gasteiger partial charge in [-0.05, 0) is 32.0 Å². The molecule has 6 nitrogen and oxygen atoms in total. The number of nitrogens with one attached hydrogen (secondary N) is 2. The maximum Gasteiger partial charge on any atom is 0.251 e. The van der Waals surface area contributed by atoms with Crippen LogP contribution in [0.4, 0.5) is 0 Å². The number of nitrogens with two attached hydrogens (primary N) is 1. The van der Waals surface area contributed by atoms with Crippen molar-refractivity contribution < 1.29 is 13.2 Å². The van der Waals surface area contributed by atoms with E-state index in [4.69, 9.17) is 5.73 Å². The monoisotopic (exact) mass is 311 g/mol. The molecule has 0 aliphatic rings. The van der Waals surface area contributed by atoms with Gasteiger partial charge in [0, 0.05) is 24.2 Å². The number of carbonyl (C=O) groups excluding carboxylic acids is 1. The zero-order chi connectivity index (χ0) is 16.1. The Morgan fingerprint density at radius 3 is 2.67 bits per heavy atom. The van der Waals surface area contributed by atoms with Crippen LogP contribution in [0.1, 0.15) is 24.2 Å². The molecule has 0 radical (unpaired) electrons. The summed E-state index contributed by atoms with van der Waals surface area (Å²) in [5.41, 5.74) is 5.26. The summed E-state index contributed by atoms with van der Waals surface area (Å²) >= 11 is 0. The van der Waals surface area contributed by atoms with Crippen molar-refractivity contribution in [3.63, 3.8) is 0 Å². The van der Waals surface area contributed by atoms with Gasteiger partial charge in [0.2, 0.25) is 10.0 Å². The minimum Gasteiger partial charge on any atom is -0.346 e. The van der Waals surface area contributed by atoms with Crippen molar-refractivity contribution in [2.45, 2.75) is 24.3 Å². The number of amides is 1. The predicted molar refractivity (Wildman–Crippen MR) is 82.4 cm³/mol. The summed E-state index contributed by atoms with van der Waals surface area (Å²) in [6.07, 6.45) is 1.44. The van der Waals surface area contributed by atoms with Crippen molar-refractivity contribution in [1.29, 1.82) is 0 Å². The lowest BCUT2D eigenvalue weighted by atomic mass is 10.1. The Labute approximate surface area is 125 Å². The second kappa shape index (κ2) is 6.84. The Hall–Kier alpha value is -1.70. The molecule has 1 aromatic rings. The van der Waals surface area contributed by atoms with Crippen LogP contribution in [0.2, 0.25) is 0 Å². The fraction of sp³-hybridized carbons (Fsp3) is 0.357. The summed E-state index contributed by atoms with van der Waals surface area (Å²) in [6.45, 7) is 7.43. The number of hydrogen-bond acceptors (Lipinski definition) is 4. The van der Waals surface area contributed by atoms with Crippen molar-refractivity contribution in [3.8, 4) is 0 Å². The quantitative estimate of drug-likeness (QED) is 0.642. The standard InChI is InChI=1S/C14H21N3O3S/c1-4-8-16-21(19,20)12-7-5-6-11(9-12)13(18)17-14(2,3)10-15/h4-7,9,16H,1,8,10,15H2,2-3H3,(H,17,18). The minimum atomic E-state index is -3.65. The van der Waals surface area contributed by atoms with E-state index in [1.165, 1.54) is 24.3 Å². The van der Waals surface area contributed by atoms with Crippen LogP contribution in [-0.2, 0) is 10.0 Å². The maximum absolute atomic E-state index is 12.1. The first-order chi connectivity index (χ1) is 9.72. The van der Waals surface area contributed by atoms with Crippen LogP contribution in [0, 0.1) is 0 Å². The second-order valence-corrected chi connectivity index (χ2v) is 6.98. The van der Waals surface area contributed by atoms with Crippen LogP contribution in [0.5, 0.6) is 0 Å². The molecule has 1 rings (SSSR count). The van der Waals surface area contributed by atoms with Gasteiger partial charge in [0.25, 0.3) is 5.91 Å². The van der Waals surface area contributed by atoms with Gasteiger partial charge in [-0.15, -0.1) is 6.58 Å². The van der Waals surface area contributed by atoms with Gasteiger partial charge in [-0.1, -0.05) is 12.1 Å². The van der Waals surface area contributed by atoms with Crippen LogP contribution < -0.4 is 15.8 Å². The van der Waals surface area contributed by atoms with E-state index in [0.717, 1.165) is 0 Å². The molecule has 1 amide bonds. The summed E-state index contributed by atoms with van der Waals surface area (Å²) in [6, 6.07) is 5.82. The molecule has 116 valence electrons. The minimum absolute atomic E-state index is 0.0301. The SMILES string of the molecule is C=CCNS(=O)(=O)c1cccc(C(=O)NC(C)(C)CN)c1. The van der Waals surface area contributed by atoms with Gasteiger partial charge in [0.15, 0.2) is 0 Å². The highest BCUT2D eigenvalue weighted by atomic mass is 32.2. The van der Waals surface area contributed by atoms with Gasteiger partial charge in [-0.3, -0.25) is 4.79 Å². The van der Waals surface area contributed by atoms with Crippen LogP contribution in [0.3, 0.4) is 0 Å². The maximum atomic E-state index is 12.1. The first-order valence-corrected chi connectivity index (χ1v) is 7.93. The van der Waals surface area contributed by atoms with Crippen LogP contribution >= 0.6 is 0 Å². The fourth-order valence-corrected chi connectivity index (χ4v) is 2.53. The third-order valence-corrected chi connectivity index (χ3v) is 4.21. The molecular formula is C14H21N3O3S. The smallest absolute Gasteiger partial charge is 0.251 e. The molecule has 1 aromatic carbocycles. The molecule has 0 unspecified atom stereocenters. The normalized spacial score (nSPS) is 12.0. The second-order valence-electron chi connectivity index (χ2n) is 5.21. The third kappa shape index (κ3) is 4.96. The van der Waals surface area contributed by atoms with E-state index in [0.29, 0.717) is 0 Å². The molecule has 0 spiro atoms. The Morgan fingerprint density at radius 1 is 1.43 bits per heavy atom. The molecule has 0 aliphatic carbocycles. The lowest BCUT2D eigenvalue weighted by molar-refractivity contribution is 0.0915. The van der Waals surface area contributed by atoms with E-state index in [9.17, 15) is 13.2 Å². The van der Waals surface area contributed by atoms with Crippen molar-refractivity contribution in [2.75, 3.05) is 13.1 Å². The van der Waals surface area contributed by atoms with Gasteiger partial charge in [-0.25, -0.2) is 13.1 Å². The van der Waals surface area contributed by atoms with Gasteiger partial charge < -0.3 is 11.1 Å². The molecular weight excluding hydrogens is 290 g/mol. The first kappa shape index (κ1) is 17.4. The highest BCUT2D eigenvalue weighted by molar-refractivity contribution is 7.89. The number of hydrogen-bond donors (Lipinski definition) is 3. The van der Waals surface area contributed by atoms with E-state index in [1.54, 1.807) is 19.9 Å². The number of benzene rings is 1. The molecule has 4 N–H and O–H groups in total. The average Bonchev–Trinajstić information content (AvgIpc) is 2.45. The highest BCUT2D eigenvalue weighted by Crippen LogP contribution is 2.12. The molecule has 0 aromatic heterocycles. The molecule has 0 aliphatic heterocycles. The molecule has 0 atom stereocenters. The molecule has 0 fully saturated rings. The molecule has 0 heterocycles. The van der Waals surface area contributed by atoms with Crippen LogP contribution in [-0.4, -0.2) is 33.0 Å². The molecule has 0 saturated carbocycles. The molecule has 7 heteroatoms. The van der Waals surface area contributed by atoms with E-state index < -0.39 is 15.6 Å². The fourth-order valence-electron chi connectivity index (χ4n) is 1.49. The van der Waals surface area contributed by atoms with Gasteiger partial charge >= 0.3 is 0 Å². The topological polar surface area (TPSA) is 101 Å². The van der Waals surface area contributed by atoms with Gasteiger partial charge in [0.05, 0.1) is 4.90 Å². The zero-order valence-electron chi connectivity index (χ0n) is 12.2. The summed E-state index contributed by atoms with van der Waals surface area (Å²) in [4.78, 5) is 12.1. The van der Waals surface area contributed by atoms with Gasteiger partial charge in [-0.2, -0.15) is 0 Å². The lowest BCUT2D eigenvalue weighted by Crippen LogP contribution is -2.48. The van der Waals surface area contributed by atoms with Crippen molar-refractivity contribution >= 4 is 15.9 Å². The molecule has 0 saturated heterocycles. The number of carbonyl (C=O) groups is 1. The lowest BCUT2D eigenvalue weighted by Gasteiger charge is -2.24. The Kier molecular flexibility index (Phi) is 5.65. The summed E-state index contributed by atoms with van der Waals surface area (Å²) in [5.74, 6) is -0.369. The summed E-state index contributed by atoms with van der Waals surface area (Å²) in [7, 11) is -3.65. The van der Waals surface area contributed by atoms with Crippen LogP contribution in [0.15, 0.2) is 41.8 Å². The van der Waals surface area contributed by atoms with Crippen molar-refractivity contribution in [1.82, 2.24) is 10.0 Å². The summed E-state index contributed by atoms with van der Waals surface area (Å²) < 4.78 is 26.3.